The van der Waals surface area contributed by atoms with E-state index in [1.807, 2.05) is 38.1 Å². The second kappa shape index (κ2) is 11.4. The van der Waals surface area contributed by atoms with Crippen LogP contribution >= 0.6 is 22.6 Å². The van der Waals surface area contributed by atoms with E-state index in [2.05, 4.69) is 33.1 Å². The van der Waals surface area contributed by atoms with E-state index in [0.29, 0.717) is 36.3 Å². The first-order chi connectivity index (χ1) is 16.6. The van der Waals surface area contributed by atoms with Crippen molar-refractivity contribution in [3.05, 3.63) is 90.5 Å². The molecule has 0 saturated carbocycles. The zero-order chi connectivity index (χ0) is 25.6. The van der Waals surface area contributed by atoms with Crippen LogP contribution in [0.15, 0.2) is 59.7 Å². The molecule has 0 fully saturated rings. The predicted octanol–water partition coefficient (Wildman–Crippen LogP) is 6.95. The highest BCUT2D eigenvalue weighted by molar-refractivity contribution is 14.1. The van der Waals surface area contributed by atoms with Crippen molar-refractivity contribution >= 4 is 40.2 Å². The van der Waals surface area contributed by atoms with Crippen LogP contribution in [0, 0.1) is 20.6 Å². The number of nitrogens with one attached hydrogen (secondary N) is 1. The summed E-state index contributed by atoms with van der Waals surface area (Å²) in [5.74, 6) is 1.06. The van der Waals surface area contributed by atoms with Gasteiger partial charge in [-0.25, -0.2) is 0 Å². The molecule has 0 amide bonds. The Morgan fingerprint density at radius 2 is 1.83 bits per heavy atom. The van der Waals surface area contributed by atoms with Crippen LogP contribution in [0.4, 0.5) is 24.5 Å². The van der Waals surface area contributed by atoms with Gasteiger partial charge in [-0.1, -0.05) is 29.8 Å². The number of ether oxygens (including phenoxy) is 2. The number of hydrazone groups is 1. The summed E-state index contributed by atoms with van der Waals surface area (Å²) in [6, 6.07) is 13.6. The van der Waals surface area contributed by atoms with Gasteiger partial charge >= 0.3 is 6.18 Å². The first-order valence-electron chi connectivity index (χ1n) is 10.4. The number of nitro groups is 1. The average molecular weight is 599 g/mol. The highest BCUT2D eigenvalue weighted by Crippen LogP contribution is 2.36. The van der Waals surface area contributed by atoms with Crippen molar-refractivity contribution in [2.75, 3.05) is 12.0 Å². The molecule has 0 aliphatic heterocycles. The topological polar surface area (TPSA) is 86.0 Å². The van der Waals surface area contributed by atoms with E-state index < -0.39 is 22.4 Å². The smallest absolute Gasteiger partial charge is 0.416 e. The monoisotopic (exact) mass is 599 g/mol. The lowest BCUT2D eigenvalue weighted by Gasteiger charge is -2.15. The molecule has 0 aliphatic rings. The van der Waals surface area contributed by atoms with E-state index in [0.717, 1.165) is 26.8 Å². The fraction of sp³-hybridized carbons (Fsp3) is 0.208. The largest absolute Gasteiger partial charge is 0.490 e. The number of alkyl halides is 3. The van der Waals surface area contributed by atoms with Crippen LogP contribution in [-0.2, 0) is 12.8 Å². The fourth-order valence-electron chi connectivity index (χ4n) is 3.04. The third kappa shape index (κ3) is 7.07. The van der Waals surface area contributed by atoms with Crippen molar-refractivity contribution in [1.82, 2.24) is 0 Å². The number of hydrogen-bond acceptors (Lipinski definition) is 6. The van der Waals surface area contributed by atoms with Gasteiger partial charge in [-0.3, -0.25) is 15.5 Å². The van der Waals surface area contributed by atoms with Crippen LogP contribution in [-0.4, -0.2) is 17.7 Å². The van der Waals surface area contributed by atoms with E-state index in [-0.39, 0.29) is 5.69 Å². The van der Waals surface area contributed by atoms with Crippen molar-refractivity contribution in [2.45, 2.75) is 26.6 Å². The Labute approximate surface area is 213 Å². The van der Waals surface area contributed by atoms with Gasteiger partial charge in [0.1, 0.15) is 12.3 Å². The summed E-state index contributed by atoms with van der Waals surface area (Å²) in [6.45, 7) is 4.59. The van der Waals surface area contributed by atoms with E-state index in [4.69, 9.17) is 9.47 Å². The molecule has 3 rings (SSSR count). The Hall–Kier alpha value is -3.35. The molecule has 0 aliphatic carbocycles. The van der Waals surface area contributed by atoms with Crippen molar-refractivity contribution in [3.8, 4) is 11.5 Å². The van der Waals surface area contributed by atoms with E-state index in [9.17, 15) is 23.3 Å². The number of anilines is 1. The molecule has 0 bridgehead atoms. The molecule has 3 aromatic carbocycles. The Morgan fingerprint density at radius 3 is 2.46 bits per heavy atom. The van der Waals surface area contributed by atoms with E-state index in [1.165, 1.54) is 6.21 Å². The molecule has 1 N–H and O–H groups in total. The SMILES string of the molecule is CCOc1cc(/C=N\Nc2ccc(C(F)(F)F)cc2[N+](=O)[O-])cc(I)c1OCc1ccc(C)cc1. The lowest BCUT2D eigenvalue weighted by atomic mass is 10.1. The summed E-state index contributed by atoms with van der Waals surface area (Å²) in [7, 11) is 0. The Bertz CT molecular complexity index is 1230. The minimum Gasteiger partial charge on any atom is -0.490 e. The van der Waals surface area contributed by atoms with Crippen LogP contribution in [0.25, 0.3) is 0 Å². The first kappa shape index (κ1) is 26.3. The maximum Gasteiger partial charge on any atom is 0.416 e. The van der Waals surface area contributed by atoms with E-state index in [1.54, 1.807) is 12.1 Å². The van der Waals surface area contributed by atoms with Crippen molar-refractivity contribution in [1.29, 1.82) is 0 Å². The Morgan fingerprint density at radius 1 is 1.11 bits per heavy atom. The third-order valence-electron chi connectivity index (χ3n) is 4.76. The Kier molecular flexibility index (Phi) is 8.54. The number of benzene rings is 3. The number of halogens is 4. The van der Waals surface area contributed by atoms with Gasteiger partial charge in [0.25, 0.3) is 5.69 Å². The number of aryl methyl sites for hydroxylation is 1. The highest BCUT2D eigenvalue weighted by Gasteiger charge is 2.33. The molecule has 0 heterocycles. The van der Waals surface area contributed by atoms with Crippen LogP contribution in [0.3, 0.4) is 0 Å². The van der Waals surface area contributed by atoms with Crippen LogP contribution in [0.2, 0.25) is 0 Å². The van der Waals surface area contributed by atoms with Crippen molar-refractivity contribution in [2.24, 2.45) is 5.10 Å². The molecular weight excluding hydrogens is 578 g/mol. The van der Waals surface area contributed by atoms with Gasteiger partial charge in [0.15, 0.2) is 11.5 Å². The average Bonchev–Trinajstić information content (AvgIpc) is 2.79. The molecule has 0 atom stereocenters. The van der Waals surface area contributed by atoms with Crippen LogP contribution < -0.4 is 14.9 Å². The lowest BCUT2D eigenvalue weighted by molar-refractivity contribution is -0.384. The molecule has 0 unspecified atom stereocenters. The normalized spacial score (nSPS) is 11.5. The standard InChI is InChI=1S/C24H21F3IN3O4/c1-3-34-22-11-17(10-19(28)23(22)35-14-16-6-4-15(2)5-7-16)13-29-30-20-9-8-18(24(25,26)27)12-21(20)31(32)33/h4-13,30H,3,14H2,1-2H3/b29-13-. The van der Waals surface area contributed by atoms with Crippen LogP contribution in [0.1, 0.15) is 29.2 Å². The van der Waals surface area contributed by atoms with Gasteiger partial charge in [-0.05, 0) is 71.8 Å². The molecule has 11 heteroatoms. The minimum atomic E-state index is -4.69. The van der Waals surface area contributed by atoms with Gasteiger partial charge in [0.2, 0.25) is 0 Å². The number of nitrogens with zero attached hydrogens (tertiary/aromatic N) is 2. The quantitative estimate of drug-likeness (QED) is 0.125. The summed E-state index contributed by atoms with van der Waals surface area (Å²) in [5, 5.41) is 15.2. The molecule has 0 saturated heterocycles. The Balaban J connectivity index is 1.79. The molecule has 0 spiro atoms. The molecule has 0 radical (unpaired) electrons. The summed E-state index contributed by atoms with van der Waals surface area (Å²) >= 11 is 2.10. The minimum absolute atomic E-state index is 0.169. The van der Waals surface area contributed by atoms with Crippen LogP contribution in [0.5, 0.6) is 11.5 Å². The number of rotatable bonds is 9. The summed E-state index contributed by atoms with van der Waals surface area (Å²) in [5.41, 5.74) is 3.18. The molecular formula is C24H21F3IN3O4. The van der Waals surface area contributed by atoms with Crippen molar-refractivity contribution in [3.63, 3.8) is 0 Å². The molecule has 184 valence electrons. The summed E-state index contributed by atoms with van der Waals surface area (Å²) in [4.78, 5) is 10.3. The maximum atomic E-state index is 12.9. The second-order valence-electron chi connectivity index (χ2n) is 7.39. The highest BCUT2D eigenvalue weighted by atomic mass is 127. The number of hydrogen-bond donors (Lipinski definition) is 1. The fourth-order valence-corrected chi connectivity index (χ4v) is 3.82. The van der Waals surface area contributed by atoms with Gasteiger partial charge in [0.05, 0.1) is 26.9 Å². The van der Waals surface area contributed by atoms with E-state index >= 15 is 0 Å². The molecule has 0 aromatic heterocycles. The molecule has 35 heavy (non-hydrogen) atoms. The number of nitro benzene ring substituents is 1. The first-order valence-corrected chi connectivity index (χ1v) is 11.5. The second-order valence-corrected chi connectivity index (χ2v) is 8.56. The lowest BCUT2D eigenvalue weighted by Crippen LogP contribution is -2.06. The third-order valence-corrected chi connectivity index (χ3v) is 5.56. The maximum absolute atomic E-state index is 12.9. The molecule has 3 aromatic rings. The summed E-state index contributed by atoms with van der Waals surface area (Å²) < 4.78 is 51.1. The van der Waals surface area contributed by atoms with Gasteiger partial charge in [-0.15, -0.1) is 0 Å². The zero-order valence-electron chi connectivity index (χ0n) is 18.7. The van der Waals surface area contributed by atoms with Gasteiger partial charge in [0, 0.05) is 6.07 Å². The van der Waals surface area contributed by atoms with Gasteiger partial charge < -0.3 is 9.47 Å². The van der Waals surface area contributed by atoms with Gasteiger partial charge in [-0.2, -0.15) is 18.3 Å². The predicted molar refractivity (Wildman–Crippen MR) is 135 cm³/mol. The molecule has 7 nitrogen and oxygen atoms in total. The zero-order valence-corrected chi connectivity index (χ0v) is 20.9. The summed E-state index contributed by atoms with van der Waals surface area (Å²) in [6.07, 6.45) is -3.31. The van der Waals surface area contributed by atoms with Crippen molar-refractivity contribution < 1.29 is 27.6 Å².